The molecule has 0 aliphatic carbocycles. The third-order valence-electron chi connectivity index (χ3n) is 5.52. The number of rotatable bonds is 5. The number of aliphatic hydroxyl groups is 1. The van der Waals surface area contributed by atoms with E-state index < -0.39 is 17.7 Å². The highest BCUT2D eigenvalue weighted by molar-refractivity contribution is 6.46. The van der Waals surface area contributed by atoms with Crippen LogP contribution in [0, 0.1) is 0 Å². The monoisotopic (exact) mass is 408 g/mol. The number of likely N-dealkylation sites (N-methyl/N-ethyl adjacent to an activating group) is 1. The highest BCUT2D eigenvalue weighted by Crippen LogP contribution is 2.40. The van der Waals surface area contributed by atoms with E-state index in [-0.39, 0.29) is 24.5 Å². The van der Waals surface area contributed by atoms with Crippen LogP contribution in [0.2, 0.25) is 0 Å². The molecule has 0 aromatic heterocycles. The van der Waals surface area contributed by atoms with Gasteiger partial charge in [-0.25, -0.2) is 0 Å². The topological polar surface area (TPSA) is 79.3 Å². The Balaban J connectivity index is 1.83. The van der Waals surface area contributed by atoms with Crippen molar-refractivity contribution < 1.29 is 24.2 Å². The SMILES string of the molecule is COCCN1C(=O)C(=O)/C(=C(\O)c2ccc3c(c2)N(C)CCO3)C1c1ccccc1. The van der Waals surface area contributed by atoms with Crippen LogP contribution in [0.4, 0.5) is 5.69 Å². The Kier molecular flexibility index (Phi) is 5.46. The van der Waals surface area contributed by atoms with Gasteiger partial charge in [0.15, 0.2) is 0 Å². The molecule has 1 saturated heterocycles. The lowest BCUT2D eigenvalue weighted by atomic mass is 9.95. The average molecular weight is 408 g/mol. The molecule has 2 aromatic carbocycles. The summed E-state index contributed by atoms with van der Waals surface area (Å²) in [5.41, 5.74) is 2.14. The number of Topliss-reactive ketones (excluding diaryl/α,β-unsaturated/α-hetero) is 1. The summed E-state index contributed by atoms with van der Waals surface area (Å²) in [5.74, 6) is -0.801. The van der Waals surface area contributed by atoms with Crippen LogP contribution in [0.1, 0.15) is 17.2 Å². The van der Waals surface area contributed by atoms with Gasteiger partial charge in [-0.15, -0.1) is 0 Å². The zero-order valence-corrected chi connectivity index (χ0v) is 17.0. The molecule has 1 fully saturated rings. The summed E-state index contributed by atoms with van der Waals surface area (Å²) in [6.07, 6.45) is 0. The Morgan fingerprint density at radius 2 is 1.97 bits per heavy atom. The molecule has 4 rings (SSSR count). The first-order valence-electron chi connectivity index (χ1n) is 9.83. The lowest BCUT2D eigenvalue weighted by molar-refractivity contribution is -0.140. The fraction of sp³-hybridized carbons (Fsp3) is 0.304. The largest absolute Gasteiger partial charge is 0.507 e. The number of likely N-dealkylation sites (tertiary alicyclic amines) is 1. The number of hydrogen-bond acceptors (Lipinski definition) is 6. The van der Waals surface area contributed by atoms with Gasteiger partial charge in [0.05, 0.1) is 30.5 Å². The Hall–Kier alpha value is -3.32. The Labute approximate surface area is 175 Å². The molecule has 1 atom stereocenters. The van der Waals surface area contributed by atoms with Crippen molar-refractivity contribution >= 4 is 23.1 Å². The second-order valence-electron chi connectivity index (χ2n) is 7.35. The lowest BCUT2D eigenvalue weighted by Gasteiger charge is -2.28. The van der Waals surface area contributed by atoms with Crippen LogP contribution < -0.4 is 9.64 Å². The van der Waals surface area contributed by atoms with Gasteiger partial charge >= 0.3 is 0 Å². The summed E-state index contributed by atoms with van der Waals surface area (Å²) in [4.78, 5) is 29.2. The van der Waals surface area contributed by atoms with Gasteiger partial charge in [0.1, 0.15) is 18.1 Å². The normalized spacial score (nSPS) is 20.3. The minimum atomic E-state index is -0.695. The number of fused-ring (bicyclic) bond motifs is 1. The fourth-order valence-electron chi connectivity index (χ4n) is 3.94. The number of amides is 1. The highest BCUT2D eigenvalue weighted by Gasteiger charge is 2.45. The Morgan fingerprint density at radius 1 is 1.20 bits per heavy atom. The first-order valence-corrected chi connectivity index (χ1v) is 9.83. The summed E-state index contributed by atoms with van der Waals surface area (Å²) in [7, 11) is 3.48. The number of hydrogen-bond donors (Lipinski definition) is 1. The van der Waals surface area contributed by atoms with Crippen molar-refractivity contribution in [3.63, 3.8) is 0 Å². The van der Waals surface area contributed by atoms with Gasteiger partial charge < -0.3 is 24.4 Å². The molecule has 0 saturated carbocycles. The standard InChI is InChI=1S/C23H24N2O5/c1-24-10-13-30-18-9-8-16(14-17(18)24)21(26)19-20(15-6-4-3-5-7-15)25(11-12-29-2)23(28)22(19)27/h3-9,14,20,26H,10-13H2,1-2H3/b21-19-. The van der Waals surface area contributed by atoms with E-state index in [1.54, 1.807) is 25.3 Å². The molecule has 1 unspecified atom stereocenters. The summed E-state index contributed by atoms with van der Waals surface area (Å²) in [5, 5.41) is 11.2. The van der Waals surface area contributed by atoms with Gasteiger partial charge in [-0.3, -0.25) is 9.59 Å². The minimum absolute atomic E-state index is 0.0848. The fourth-order valence-corrected chi connectivity index (χ4v) is 3.94. The molecular weight excluding hydrogens is 384 g/mol. The number of methoxy groups -OCH3 is 1. The summed E-state index contributed by atoms with van der Waals surface area (Å²) in [6.45, 7) is 1.85. The number of ether oxygens (including phenoxy) is 2. The number of carbonyl (C=O) groups is 2. The molecule has 1 amide bonds. The van der Waals surface area contributed by atoms with E-state index in [9.17, 15) is 14.7 Å². The van der Waals surface area contributed by atoms with Crippen LogP contribution in [-0.2, 0) is 14.3 Å². The van der Waals surface area contributed by atoms with Gasteiger partial charge in [-0.05, 0) is 23.8 Å². The predicted octanol–water partition coefficient (Wildman–Crippen LogP) is 2.58. The first kappa shape index (κ1) is 20.0. The van der Waals surface area contributed by atoms with Crippen molar-refractivity contribution in [2.75, 3.05) is 45.4 Å². The lowest BCUT2D eigenvalue weighted by Crippen LogP contribution is -2.32. The average Bonchev–Trinajstić information content (AvgIpc) is 3.02. The number of nitrogens with zero attached hydrogens (tertiary/aromatic N) is 2. The van der Waals surface area contributed by atoms with Gasteiger partial charge in [0.2, 0.25) is 0 Å². The van der Waals surface area contributed by atoms with E-state index in [0.717, 1.165) is 23.5 Å². The molecule has 7 nitrogen and oxygen atoms in total. The summed E-state index contributed by atoms with van der Waals surface area (Å²) >= 11 is 0. The zero-order chi connectivity index (χ0) is 21.3. The minimum Gasteiger partial charge on any atom is -0.507 e. The molecule has 0 spiro atoms. The number of aliphatic hydroxyl groups excluding tert-OH is 1. The maximum Gasteiger partial charge on any atom is 0.295 e. The predicted molar refractivity (Wildman–Crippen MR) is 113 cm³/mol. The van der Waals surface area contributed by atoms with Crippen LogP contribution in [0.25, 0.3) is 5.76 Å². The maximum atomic E-state index is 12.9. The highest BCUT2D eigenvalue weighted by atomic mass is 16.5. The molecule has 2 aliphatic heterocycles. The van der Waals surface area contributed by atoms with Crippen LogP contribution in [0.3, 0.4) is 0 Å². The van der Waals surface area contributed by atoms with E-state index >= 15 is 0 Å². The molecule has 1 N–H and O–H groups in total. The van der Waals surface area contributed by atoms with Crippen molar-refractivity contribution in [3.8, 4) is 5.75 Å². The number of carbonyl (C=O) groups excluding carboxylic acids is 2. The molecule has 156 valence electrons. The van der Waals surface area contributed by atoms with Gasteiger partial charge in [0, 0.05) is 26.3 Å². The molecule has 7 heteroatoms. The number of benzene rings is 2. The van der Waals surface area contributed by atoms with Crippen LogP contribution in [0.15, 0.2) is 54.1 Å². The Bertz CT molecular complexity index is 1000. The van der Waals surface area contributed by atoms with Crippen molar-refractivity contribution in [2.24, 2.45) is 0 Å². The Morgan fingerprint density at radius 3 is 2.70 bits per heavy atom. The van der Waals surface area contributed by atoms with Crippen LogP contribution in [-0.4, -0.2) is 62.2 Å². The van der Waals surface area contributed by atoms with Crippen molar-refractivity contribution in [3.05, 3.63) is 65.2 Å². The third-order valence-corrected chi connectivity index (χ3v) is 5.52. The molecule has 0 radical (unpaired) electrons. The molecule has 0 bridgehead atoms. The van der Waals surface area contributed by atoms with E-state index in [1.165, 1.54) is 4.90 Å². The summed E-state index contributed by atoms with van der Waals surface area (Å²) < 4.78 is 10.8. The van der Waals surface area contributed by atoms with Crippen LogP contribution >= 0.6 is 0 Å². The van der Waals surface area contributed by atoms with E-state index in [2.05, 4.69) is 0 Å². The van der Waals surface area contributed by atoms with E-state index in [1.807, 2.05) is 42.3 Å². The number of anilines is 1. The maximum absolute atomic E-state index is 12.9. The van der Waals surface area contributed by atoms with Gasteiger partial charge in [-0.1, -0.05) is 30.3 Å². The summed E-state index contributed by atoms with van der Waals surface area (Å²) in [6, 6.07) is 13.8. The molecule has 2 aliphatic rings. The molecule has 2 heterocycles. The molecular formula is C23H24N2O5. The number of ketones is 1. The van der Waals surface area contributed by atoms with Crippen molar-refractivity contribution in [1.82, 2.24) is 4.90 Å². The second-order valence-corrected chi connectivity index (χ2v) is 7.35. The molecule has 2 aromatic rings. The van der Waals surface area contributed by atoms with Crippen molar-refractivity contribution in [2.45, 2.75) is 6.04 Å². The van der Waals surface area contributed by atoms with Gasteiger partial charge in [0.25, 0.3) is 11.7 Å². The van der Waals surface area contributed by atoms with Gasteiger partial charge in [-0.2, -0.15) is 0 Å². The first-order chi connectivity index (χ1) is 14.5. The zero-order valence-electron chi connectivity index (χ0n) is 17.0. The molecule has 30 heavy (non-hydrogen) atoms. The van der Waals surface area contributed by atoms with Crippen LogP contribution in [0.5, 0.6) is 5.75 Å². The smallest absolute Gasteiger partial charge is 0.295 e. The quantitative estimate of drug-likeness (QED) is 0.465. The van der Waals surface area contributed by atoms with E-state index in [4.69, 9.17) is 9.47 Å². The van der Waals surface area contributed by atoms with E-state index in [0.29, 0.717) is 12.2 Å². The third kappa shape index (κ3) is 3.41. The second kappa shape index (κ2) is 8.20. The van der Waals surface area contributed by atoms with Crippen molar-refractivity contribution in [1.29, 1.82) is 0 Å².